The third-order valence-electron chi connectivity index (χ3n) is 1.35. The van der Waals surface area contributed by atoms with E-state index < -0.39 is 21.7 Å². The third-order valence-corrected chi connectivity index (χ3v) is 2.55. The highest BCUT2D eigenvalue weighted by Crippen LogP contribution is 2.11. The molecule has 0 aliphatic heterocycles. The second-order valence-electron chi connectivity index (χ2n) is 2.80. The van der Waals surface area contributed by atoms with Crippen LogP contribution in [0.2, 0.25) is 0 Å². The highest BCUT2D eigenvalue weighted by Gasteiger charge is 2.15. The van der Waals surface area contributed by atoms with Crippen molar-refractivity contribution in [2.45, 2.75) is 6.92 Å². The van der Waals surface area contributed by atoms with Crippen LogP contribution in [0.3, 0.4) is 0 Å². The SMILES string of the molecule is CC(=O)CS(=O)(=O)Oc1ccccc1. The van der Waals surface area contributed by atoms with Crippen LogP contribution in [0.5, 0.6) is 5.75 Å². The van der Waals surface area contributed by atoms with Crippen LogP contribution in [0, 0.1) is 0 Å². The lowest BCUT2D eigenvalue weighted by molar-refractivity contribution is -0.114. The van der Waals surface area contributed by atoms with Gasteiger partial charge in [-0.15, -0.1) is 0 Å². The Morgan fingerprint density at radius 3 is 2.36 bits per heavy atom. The zero-order valence-electron chi connectivity index (χ0n) is 7.64. The van der Waals surface area contributed by atoms with Crippen LogP contribution in [-0.4, -0.2) is 20.0 Å². The molecular formula is C9H10O4S. The van der Waals surface area contributed by atoms with Crippen LogP contribution in [-0.2, 0) is 14.9 Å². The summed E-state index contributed by atoms with van der Waals surface area (Å²) in [4.78, 5) is 10.6. The second-order valence-corrected chi connectivity index (χ2v) is 4.37. The standard InChI is InChI=1S/C9H10O4S/c1-8(10)7-14(11,12)13-9-5-3-2-4-6-9/h2-6H,7H2,1H3. The van der Waals surface area contributed by atoms with E-state index in [0.29, 0.717) is 0 Å². The predicted molar refractivity (Wildman–Crippen MR) is 51.5 cm³/mol. The van der Waals surface area contributed by atoms with E-state index in [2.05, 4.69) is 4.18 Å². The first-order chi connectivity index (χ1) is 6.49. The summed E-state index contributed by atoms with van der Waals surface area (Å²) in [7, 11) is -3.78. The normalized spacial score (nSPS) is 10.9. The average Bonchev–Trinajstić information content (AvgIpc) is 2.02. The van der Waals surface area contributed by atoms with Crippen LogP contribution >= 0.6 is 0 Å². The molecule has 0 aliphatic carbocycles. The van der Waals surface area contributed by atoms with Gasteiger partial charge in [-0.25, -0.2) is 0 Å². The molecule has 1 aromatic rings. The van der Waals surface area contributed by atoms with E-state index in [4.69, 9.17) is 0 Å². The number of benzene rings is 1. The molecule has 14 heavy (non-hydrogen) atoms. The van der Waals surface area contributed by atoms with Gasteiger partial charge in [0.2, 0.25) is 0 Å². The molecule has 0 amide bonds. The lowest BCUT2D eigenvalue weighted by Crippen LogP contribution is -2.18. The summed E-state index contributed by atoms with van der Waals surface area (Å²) in [6.45, 7) is 1.20. The number of carbonyl (C=O) groups excluding carboxylic acids is 1. The summed E-state index contributed by atoms with van der Waals surface area (Å²) in [6, 6.07) is 8.07. The minimum Gasteiger partial charge on any atom is -0.382 e. The molecule has 0 aliphatic rings. The van der Waals surface area contributed by atoms with Gasteiger partial charge in [0.25, 0.3) is 0 Å². The van der Waals surface area contributed by atoms with Crippen molar-refractivity contribution in [3.05, 3.63) is 30.3 Å². The molecule has 0 atom stereocenters. The Balaban J connectivity index is 2.74. The first-order valence-corrected chi connectivity index (χ1v) is 5.54. The molecule has 0 aromatic heterocycles. The summed E-state index contributed by atoms with van der Waals surface area (Å²) in [5.41, 5.74) is 0. The first-order valence-electron chi connectivity index (χ1n) is 3.96. The fraction of sp³-hybridized carbons (Fsp3) is 0.222. The van der Waals surface area contributed by atoms with Crippen LogP contribution in [0.25, 0.3) is 0 Å². The van der Waals surface area contributed by atoms with Crippen molar-refractivity contribution >= 4 is 15.9 Å². The van der Waals surface area contributed by atoms with Gasteiger partial charge >= 0.3 is 10.1 Å². The minimum absolute atomic E-state index is 0.216. The molecule has 0 saturated carbocycles. The lowest BCUT2D eigenvalue weighted by Gasteiger charge is -2.04. The summed E-state index contributed by atoms with van der Waals surface area (Å²) >= 11 is 0. The van der Waals surface area contributed by atoms with E-state index >= 15 is 0 Å². The Bertz CT molecular complexity index is 408. The van der Waals surface area contributed by atoms with E-state index in [1.165, 1.54) is 19.1 Å². The monoisotopic (exact) mass is 214 g/mol. The van der Waals surface area contributed by atoms with Gasteiger partial charge in [0.15, 0.2) is 0 Å². The summed E-state index contributed by atoms with van der Waals surface area (Å²) in [5, 5.41) is 0. The first kappa shape index (κ1) is 10.7. The summed E-state index contributed by atoms with van der Waals surface area (Å²) in [6.07, 6.45) is 0. The molecule has 5 heteroatoms. The van der Waals surface area contributed by atoms with Gasteiger partial charge in [0.1, 0.15) is 17.3 Å². The van der Waals surface area contributed by atoms with Crippen LogP contribution in [0.15, 0.2) is 30.3 Å². The zero-order chi connectivity index (χ0) is 10.6. The number of para-hydroxylation sites is 1. The van der Waals surface area contributed by atoms with E-state index in [1.54, 1.807) is 18.2 Å². The number of rotatable bonds is 4. The largest absolute Gasteiger partial charge is 0.382 e. The molecule has 0 saturated heterocycles. The molecular weight excluding hydrogens is 204 g/mol. The van der Waals surface area contributed by atoms with Gasteiger partial charge in [-0.05, 0) is 19.1 Å². The van der Waals surface area contributed by atoms with Crippen LogP contribution in [0.4, 0.5) is 0 Å². The molecule has 1 rings (SSSR count). The number of hydrogen-bond acceptors (Lipinski definition) is 4. The molecule has 0 heterocycles. The molecule has 0 spiro atoms. The van der Waals surface area contributed by atoms with Crippen molar-refractivity contribution in [3.63, 3.8) is 0 Å². The fourth-order valence-corrected chi connectivity index (χ4v) is 1.86. The molecule has 0 unspecified atom stereocenters. The van der Waals surface area contributed by atoms with E-state index in [9.17, 15) is 13.2 Å². The quantitative estimate of drug-likeness (QED) is 0.701. The van der Waals surface area contributed by atoms with Crippen molar-refractivity contribution < 1.29 is 17.4 Å². The van der Waals surface area contributed by atoms with Gasteiger partial charge in [-0.3, -0.25) is 4.79 Å². The second kappa shape index (κ2) is 4.23. The zero-order valence-corrected chi connectivity index (χ0v) is 8.45. The van der Waals surface area contributed by atoms with Crippen molar-refractivity contribution in [2.24, 2.45) is 0 Å². The van der Waals surface area contributed by atoms with E-state index in [-0.39, 0.29) is 5.75 Å². The smallest absolute Gasteiger partial charge is 0.316 e. The van der Waals surface area contributed by atoms with Crippen LogP contribution in [0.1, 0.15) is 6.92 Å². The van der Waals surface area contributed by atoms with Gasteiger partial charge in [0, 0.05) is 0 Å². The average molecular weight is 214 g/mol. The number of Topliss-reactive ketones (excluding diaryl/α,β-unsaturated/α-hetero) is 1. The maximum absolute atomic E-state index is 11.2. The maximum Gasteiger partial charge on any atom is 0.316 e. The number of ketones is 1. The highest BCUT2D eigenvalue weighted by atomic mass is 32.2. The van der Waals surface area contributed by atoms with Gasteiger partial charge in [-0.2, -0.15) is 8.42 Å². The van der Waals surface area contributed by atoms with E-state index in [0.717, 1.165) is 0 Å². The Morgan fingerprint density at radius 1 is 1.29 bits per heavy atom. The van der Waals surface area contributed by atoms with E-state index in [1.807, 2.05) is 0 Å². The Hall–Kier alpha value is -1.36. The number of hydrogen-bond donors (Lipinski definition) is 0. The minimum atomic E-state index is -3.78. The van der Waals surface area contributed by atoms with Gasteiger partial charge in [-0.1, -0.05) is 18.2 Å². The van der Waals surface area contributed by atoms with Crippen molar-refractivity contribution in [1.82, 2.24) is 0 Å². The molecule has 0 fully saturated rings. The van der Waals surface area contributed by atoms with Crippen molar-refractivity contribution in [2.75, 3.05) is 5.75 Å². The van der Waals surface area contributed by atoms with Gasteiger partial charge in [0.05, 0.1) is 0 Å². The molecule has 1 aromatic carbocycles. The van der Waals surface area contributed by atoms with Gasteiger partial charge < -0.3 is 4.18 Å². The third kappa shape index (κ3) is 3.57. The molecule has 0 bridgehead atoms. The summed E-state index contributed by atoms with van der Waals surface area (Å²) < 4.78 is 27.0. The molecule has 76 valence electrons. The Morgan fingerprint density at radius 2 is 1.86 bits per heavy atom. The summed E-state index contributed by atoms with van der Waals surface area (Å²) in [5.74, 6) is -0.822. The molecule has 0 N–H and O–H groups in total. The van der Waals surface area contributed by atoms with Crippen LogP contribution < -0.4 is 4.18 Å². The highest BCUT2D eigenvalue weighted by molar-refractivity contribution is 7.87. The predicted octanol–water partition coefficient (Wildman–Crippen LogP) is 0.984. The number of carbonyl (C=O) groups is 1. The van der Waals surface area contributed by atoms with Crippen molar-refractivity contribution in [3.8, 4) is 5.75 Å². The molecule has 0 radical (unpaired) electrons. The fourth-order valence-electron chi connectivity index (χ4n) is 0.901. The maximum atomic E-state index is 11.2. The molecule has 4 nitrogen and oxygen atoms in total. The topological polar surface area (TPSA) is 60.4 Å². The lowest BCUT2D eigenvalue weighted by atomic mass is 10.3. The Labute approximate surface area is 82.6 Å². The van der Waals surface area contributed by atoms with Crippen molar-refractivity contribution in [1.29, 1.82) is 0 Å². The Kier molecular flexibility index (Phi) is 3.24.